The van der Waals surface area contributed by atoms with Crippen LogP contribution in [0.4, 0.5) is 0 Å². The highest BCUT2D eigenvalue weighted by Gasteiger charge is 2.11. The van der Waals surface area contributed by atoms with Crippen molar-refractivity contribution in [3.63, 3.8) is 0 Å². The van der Waals surface area contributed by atoms with Gasteiger partial charge in [0.25, 0.3) is 0 Å². The summed E-state index contributed by atoms with van der Waals surface area (Å²) in [6.07, 6.45) is 10.5. The van der Waals surface area contributed by atoms with Gasteiger partial charge in [-0.05, 0) is 17.8 Å². The zero-order valence-corrected chi connectivity index (χ0v) is 13.5. The largest absolute Gasteiger partial charge is 0.481 e. The second-order valence-electron chi connectivity index (χ2n) is 6.35. The summed E-state index contributed by atoms with van der Waals surface area (Å²) in [6.45, 7) is 8.95. The van der Waals surface area contributed by atoms with Gasteiger partial charge in [-0.25, -0.2) is 0 Å². The van der Waals surface area contributed by atoms with Crippen LogP contribution in [0.5, 0.6) is 0 Å². The van der Waals surface area contributed by atoms with Gasteiger partial charge in [0.15, 0.2) is 0 Å². The summed E-state index contributed by atoms with van der Waals surface area (Å²) in [5.41, 5.74) is 0. The van der Waals surface area contributed by atoms with Crippen molar-refractivity contribution in [1.82, 2.24) is 0 Å². The Kier molecular flexibility index (Phi) is 11.0. The minimum atomic E-state index is -0.659. The first-order valence-corrected chi connectivity index (χ1v) is 8.21. The third-order valence-electron chi connectivity index (χ3n) is 4.42. The second kappa shape index (κ2) is 11.3. The fraction of sp³-hybridized carbons (Fsp3) is 0.941. The average Bonchev–Trinajstić information content (AvgIpc) is 2.35. The lowest BCUT2D eigenvalue weighted by Gasteiger charge is -2.17. The van der Waals surface area contributed by atoms with Gasteiger partial charge in [-0.3, -0.25) is 4.79 Å². The molecule has 0 fully saturated rings. The average molecular weight is 270 g/mol. The van der Waals surface area contributed by atoms with Crippen LogP contribution in [0.1, 0.15) is 85.5 Å². The molecule has 0 heterocycles. The standard InChI is InChI=1S/C17H34O2/c1-5-14(3)9-7-11-16(6-2)12-8-10-15(4)13-17(18)19/h14-16H,5-13H2,1-4H3,(H,18,19). The van der Waals surface area contributed by atoms with Gasteiger partial charge in [-0.1, -0.05) is 79.1 Å². The molecular weight excluding hydrogens is 236 g/mol. The molecule has 0 aliphatic heterocycles. The first-order valence-electron chi connectivity index (χ1n) is 8.21. The molecule has 0 aliphatic rings. The molecule has 0 aromatic heterocycles. The molecule has 2 heteroatoms. The molecule has 0 rings (SSSR count). The maximum absolute atomic E-state index is 10.6. The van der Waals surface area contributed by atoms with Gasteiger partial charge in [0.2, 0.25) is 0 Å². The Labute approximate surface area is 120 Å². The number of hydrogen-bond acceptors (Lipinski definition) is 1. The van der Waals surface area contributed by atoms with Crippen LogP contribution in [-0.2, 0) is 4.79 Å². The summed E-state index contributed by atoms with van der Waals surface area (Å²) in [5.74, 6) is 1.39. The number of carbonyl (C=O) groups is 1. The number of aliphatic carboxylic acids is 1. The highest BCUT2D eigenvalue weighted by atomic mass is 16.4. The highest BCUT2D eigenvalue weighted by Crippen LogP contribution is 2.23. The van der Waals surface area contributed by atoms with Gasteiger partial charge in [0, 0.05) is 6.42 Å². The second-order valence-corrected chi connectivity index (χ2v) is 6.35. The first kappa shape index (κ1) is 18.5. The summed E-state index contributed by atoms with van der Waals surface area (Å²) in [5, 5.41) is 8.73. The lowest BCUT2D eigenvalue weighted by molar-refractivity contribution is -0.138. The molecule has 3 unspecified atom stereocenters. The highest BCUT2D eigenvalue weighted by molar-refractivity contribution is 5.66. The molecule has 1 N–H and O–H groups in total. The zero-order valence-electron chi connectivity index (χ0n) is 13.5. The predicted molar refractivity (Wildman–Crippen MR) is 82.4 cm³/mol. The summed E-state index contributed by atoms with van der Waals surface area (Å²) in [6, 6.07) is 0. The van der Waals surface area contributed by atoms with Crippen molar-refractivity contribution >= 4 is 5.97 Å². The number of carboxylic acids is 1. The van der Waals surface area contributed by atoms with Crippen molar-refractivity contribution in [2.24, 2.45) is 17.8 Å². The van der Waals surface area contributed by atoms with Gasteiger partial charge in [-0.2, -0.15) is 0 Å². The van der Waals surface area contributed by atoms with E-state index in [1.807, 2.05) is 0 Å². The van der Waals surface area contributed by atoms with Gasteiger partial charge in [0.05, 0.1) is 0 Å². The van der Waals surface area contributed by atoms with Crippen LogP contribution in [0.2, 0.25) is 0 Å². The Morgan fingerprint density at radius 3 is 1.84 bits per heavy atom. The van der Waals surface area contributed by atoms with Crippen LogP contribution in [-0.4, -0.2) is 11.1 Å². The summed E-state index contributed by atoms with van der Waals surface area (Å²) >= 11 is 0. The van der Waals surface area contributed by atoms with E-state index >= 15 is 0 Å². The van der Waals surface area contributed by atoms with Crippen LogP contribution >= 0.6 is 0 Å². The topological polar surface area (TPSA) is 37.3 Å². The Morgan fingerprint density at radius 1 is 0.895 bits per heavy atom. The SMILES string of the molecule is CCC(C)CCCC(CC)CCCC(C)CC(=O)O. The van der Waals surface area contributed by atoms with Crippen molar-refractivity contribution in [2.75, 3.05) is 0 Å². The lowest BCUT2D eigenvalue weighted by Crippen LogP contribution is -2.06. The van der Waals surface area contributed by atoms with E-state index in [1.165, 1.54) is 44.9 Å². The van der Waals surface area contributed by atoms with Gasteiger partial charge >= 0.3 is 5.97 Å². The molecule has 114 valence electrons. The van der Waals surface area contributed by atoms with E-state index in [9.17, 15) is 4.79 Å². The molecular formula is C17H34O2. The Morgan fingerprint density at radius 2 is 1.42 bits per heavy atom. The van der Waals surface area contributed by atoms with Crippen molar-refractivity contribution < 1.29 is 9.90 Å². The van der Waals surface area contributed by atoms with E-state index in [-0.39, 0.29) is 0 Å². The van der Waals surface area contributed by atoms with E-state index in [0.717, 1.165) is 18.3 Å². The maximum Gasteiger partial charge on any atom is 0.303 e. The molecule has 0 amide bonds. The molecule has 0 aliphatic carbocycles. The van der Waals surface area contributed by atoms with Crippen molar-refractivity contribution in [3.05, 3.63) is 0 Å². The van der Waals surface area contributed by atoms with E-state index < -0.39 is 5.97 Å². The molecule has 0 radical (unpaired) electrons. The van der Waals surface area contributed by atoms with Crippen LogP contribution in [0, 0.1) is 17.8 Å². The zero-order chi connectivity index (χ0) is 14.7. The molecule has 0 aromatic rings. The van der Waals surface area contributed by atoms with Crippen molar-refractivity contribution in [3.8, 4) is 0 Å². The molecule has 0 spiro atoms. The van der Waals surface area contributed by atoms with E-state index in [4.69, 9.17) is 5.11 Å². The lowest BCUT2D eigenvalue weighted by atomic mass is 9.89. The van der Waals surface area contributed by atoms with Crippen LogP contribution in [0.3, 0.4) is 0 Å². The molecule has 2 nitrogen and oxygen atoms in total. The Balaban J connectivity index is 3.66. The van der Waals surface area contributed by atoms with Gasteiger partial charge in [-0.15, -0.1) is 0 Å². The van der Waals surface area contributed by atoms with Gasteiger partial charge in [0.1, 0.15) is 0 Å². The monoisotopic (exact) mass is 270 g/mol. The van der Waals surface area contributed by atoms with E-state index in [0.29, 0.717) is 12.3 Å². The molecule has 19 heavy (non-hydrogen) atoms. The van der Waals surface area contributed by atoms with Crippen molar-refractivity contribution in [1.29, 1.82) is 0 Å². The molecule has 0 bridgehead atoms. The van der Waals surface area contributed by atoms with E-state index in [1.54, 1.807) is 0 Å². The quantitative estimate of drug-likeness (QED) is 0.507. The fourth-order valence-corrected chi connectivity index (χ4v) is 2.67. The molecule has 3 atom stereocenters. The number of carboxylic acid groups (broad SMARTS) is 1. The fourth-order valence-electron chi connectivity index (χ4n) is 2.67. The third kappa shape index (κ3) is 11.0. The number of rotatable bonds is 12. The van der Waals surface area contributed by atoms with Crippen LogP contribution in [0.25, 0.3) is 0 Å². The molecule has 0 saturated carbocycles. The number of hydrogen-bond donors (Lipinski definition) is 1. The van der Waals surface area contributed by atoms with Gasteiger partial charge < -0.3 is 5.11 Å². The smallest absolute Gasteiger partial charge is 0.303 e. The maximum atomic E-state index is 10.6. The Bertz CT molecular complexity index is 225. The molecule has 0 aromatic carbocycles. The van der Waals surface area contributed by atoms with Crippen LogP contribution in [0.15, 0.2) is 0 Å². The minimum Gasteiger partial charge on any atom is -0.481 e. The molecule has 0 saturated heterocycles. The van der Waals surface area contributed by atoms with E-state index in [2.05, 4.69) is 27.7 Å². The van der Waals surface area contributed by atoms with Crippen LogP contribution < -0.4 is 0 Å². The predicted octanol–water partition coefficient (Wildman–Crippen LogP) is 5.51. The summed E-state index contributed by atoms with van der Waals surface area (Å²) < 4.78 is 0. The first-order chi connectivity index (χ1) is 8.99. The normalized spacial score (nSPS) is 16.0. The third-order valence-corrected chi connectivity index (χ3v) is 4.42. The summed E-state index contributed by atoms with van der Waals surface area (Å²) in [4.78, 5) is 10.6. The Hall–Kier alpha value is -0.530. The summed E-state index contributed by atoms with van der Waals surface area (Å²) in [7, 11) is 0. The van der Waals surface area contributed by atoms with Crippen molar-refractivity contribution in [2.45, 2.75) is 85.5 Å². The minimum absolute atomic E-state index is 0.324.